The van der Waals surface area contributed by atoms with Gasteiger partial charge in [0.2, 0.25) is 5.91 Å². The number of hydrogen-bond acceptors (Lipinski definition) is 8. The normalized spacial score (nSPS) is 32.9. The summed E-state index contributed by atoms with van der Waals surface area (Å²) < 4.78 is 0. The van der Waals surface area contributed by atoms with Crippen LogP contribution in [0.1, 0.15) is 39.1 Å². The molecule has 30 heavy (non-hydrogen) atoms. The summed E-state index contributed by atoms with van der Waals surface area (Å²) in [6, 6.07) is 2.37. The number of carbonyl (C=O) groups excluding carboxylic acids is 6. The van der Waals surface area contributed by atoms with Gasteiger partial charge in [0.25, 0.3) is 5.24 Å². The number of carbonyl (C=O) groups is 6. The standard InChI is InChI=1S/C20H16ClNO8/c21-18(28)8-1-2-10(23)13-9(8)4-6-3-7-5-11(24)14(19(22)29)17(27)20(7,30)16(26)12(6)15(13)25/h1-2,6-7,12,14,23,30H,3-5H2,(H2,22,29)/t6-,7+,12?,14?,20+/m1/s1. The van der Waals surface area contributed by atoms with Crippen LogP contribution in [0.5, 0.6) is 5.75 Å². The van der Waals surface area contributed by atoms with Crippen molar-refractivity contribution >= 4 is 45.9 Å². The van der Waals surface area contributed by atoms with E-state index in [2.05, 4.69) is 0 Å². The lowest BCUT2D eigenvalue weighted by Crippen LogP contribution is -2.68. The molecule has 0 bridgehead atoms. The summed E-state index contributed by atoms with van der Waals surface area (Å²) in [7, 11) is 0. The van der Waals surface area contributed by atoms with Crippen LogP contribution in [0.15, 0.2) is 12.1 Å². The van der Waals surface area contributed by atoms with E-state index >= 15 is 0 Å². The molecular weight excluding hydrogens is 418 g/mol. The van der Waals surface area contributed by atoms with Crippen LogP contribution in [0.4, 0.5) is 0 Å². The Morgan fingerprint density at radius 3 is 2.37 bits per heavy atom. The van der Waals surface area contributed by atoms with E-state index < -0.39 is 75.7 Å². The molecule has 5 atom stereocenters. The van der Waals surface area contributed by atoms with Gasteiger partial charge in [0.1, 0.15) is 5.75 Å². The van der Waals surface area contributed by atoms with Crippen LogP contribution in [0, 0.1) is 23.7 Å². The molecule has 1 amide bonds. The maximum absolute atomic E-state index is 13.2. The molecule has 9 nitrogen and oxygen atoms in total. The Hall–Kier alpha value is -2.91. The third-order valence-electron chi connectivity index (χ3n) is 6.50. The number of fused-ring (bicyclic) bond motifs is 3. The summed E-state index contributed by atoms with van der Waals surface area (Å²) in [6.45, 7) is 0. The van der Waals surface area contributed by atoms with Crippen LogP contribution < -0.4 is 5.73 Å². The van der Waals surface area contributed by atoms with Crippen molar-refractivity contribution in [1.29, 1.82) is 0 Å². The first kappa shape index (κ1) is 20.4. The molecule has 0 heterocycles. The van der Waals surface area contributed by atoms with Crippen LogP contribution in [-0.2, 0) is 25.6 Å². The minimum atomic E-state index is -2.70. The van der Waals surface area contributed by atoms with Gasteiger partial charge in [0, 0.05) is 17.9 Å². The average Bonchev–Trinajstić information content (AvgIpc) is 2.64. The zero-order chi connectivity index (χ0) is 22.1. The number of primary amides is 1. The number of amides is 1. The highest BCUT2D eigenvalue weighted by Gasteiger charge is 2.66. The Morgan fingerprint density at radius 1 is 1.10 bits per heavy atom. The van der Waals surface area contributed by atoms with Crippen molar-refractivity contribution in [3.8, 4) is 5.75 Å². The van der Waals surface area contributed by atoms with Gasteiger partial charge in [-0.05, 0) is 48.1 Å². The smallest absolute Gasteiger partial charge is 0.252 e. The Bertz CT molecular complexity index is 1080. The maximum Gasteiger partial charge on any atom is 0.252 e. The van der Waals surface area contributed by atoms with Crippen molar-refractivity contribution in [2.45, 2.75) is 24.9 Å². The van der Waals surface area contributed by atoms with E-state index in [0.29, 0.717) is 0 Å². The van der Waals surface area contributed by atoms with E-state index in [0.717, 1.165) is 6.07 Å². The first-order valence-corrected chi connectivity index (χ1v) is 9.59. The topological polar surface area (TPSA) is 169 Å². The van der Waals surface area contributed by atoms with Crippen LogP contribution in [0.2, 0.25) is 0 Å². The summed E-state index contributed by atoms with van der Waals surface area (Å²) in [5.74, 6) is -11.1. The Kier molecular flexibility index (Phi) is 4.44. The lowest BCUT2D eigenvalue weighted by atomic mass is 9.53. The van der Waals surface area contributed by atoms with E-state index in [-0.39, 0.29) is 29.5 Å². The highest BCUT2D eigenvalue weighted by molar-refractivity contribution is 6.68. The van der Waals surface area contributed by atoms with Crippen molar-refractivity contribution in [2.24, 2.45) is 29.4 Å². The van der Waals surface area contributed by atoms with Gasteiger partial charge in [-0.25, -0.2) is 0 Å². The number of aromatic hydroxyl groups is 1. The number of halogens is 1. The number of Topliss-reactive ketones (excluding diaryl/α,β-unsaturated/α-hetero) is 4. The van der Waals surface area contributed by atoms with Gasteiger partial charge >= 0.3 is 0 Å². The van der Waals surface area contributed by atoms with Crippen LogP contribution in [0.25, 0.3) is 0 Å². The minimum Gasteiger partial charge on any atom is -0.507 e. The fraction of sp³-hybridized carbons (Fsp3) is 0.400. The van der Waals surface area contributed by atoms with E-state index in [9.17, 15) is 39.0 Å². The first-order chi connectivity index (χ1) is 14.0. The van der Waals surface area contributed by atoms with Crippen molar-refractivity contribution in [2.75, 3.05) is 0 Å². The fourth-order valence-corrected chi connectivity index (χ4v) is 5.33. The lowest BCUT2D eigenvalue weighted by molar-refractivity contribution is -0.175. The fourth-order valence-electron chi connectivity index (χ4n) is 5.15. The Morgan fingerprint density at radius 2 is 1.77 bits per heavy atom. The second-order valence-corrected chi connectivity index (χ2v) is 8.34. The molecule has 2 saturated carbocycles. The maximum atomic E-state index is 13.2. The summed E-state index contributed by atoms with van der Waals surface area (Å²) in [5, 5.41) is 20.4. The van der Waals surface area contributed by atoms with Crippen LogP contribution in [0.3, 0.4) is 0 Å². The molecule has 4 N–H and O–H groups in total. The number of rotatable bonds is 2. The monoisotopic (exact) mass is 433 g/mol. The van der Waals surface area contributed by atoms with Crippen LogP contribution >= 0.6 is 11.6 Å². The van der Waals surface area contributed by atoms with Crippen LogP contribution in [-0.4, -0.2) is 50.1 Å². The van der Waals surface area contributed by atoms with Gasteiger partial charge in [-0.3, -0.25) is 28.8 Å². The molecular formula is C20H16ClNO8. The lowest BCUT2D eigenvalue weighted by Gasteiger charge is -2.48. The predicted octanol–water partition coefficient (Wildman–Crippen LogP) is -0.294. The van der Waals surface area contributed by atoms with Gasteiger partial charge in [0.15, 0.2) is 34.7 Å². The molecule has 0 aliphatic heterocycles. The molecule has 10 heteroatoms. The second-order valence-electron chi connectivity index (χ2n) is 8.00. The third kappa shape index (κ3) is 2.51. The second kappa shape index (κ2) is 6.55. The van der Waals surface area contributed by atoms with E-state index in [1.807, 2.05) is 0 Å². The van der Waals surface area contributed by atoms with Crippen molar-refractivity contribution < 1.29 is 39.0 Å². The quantitative estimate of drug-likeness (QED) is 0.422. The zero-order valence-corrected chi connectivity index (χ0v) is 16.1. The number of phenolic OH excluding ortho intramolecular Hbond substituents is 1. The molecule has 1 aromatic carbocycles. The molecule has 1 aromatic rings. The highest BCUT2D eigenvalue weighted by Crippen LogP contribution is 2.50. The zero-order valence-electron chi connectivity index (χ0n) is 15.4. The Balaban J connectivity index is 1.84. The molecule has 0 radical (unpaired) electrons. The van der Waals surface area contributed by atoms with Crippen molar-refractivity contribution in [1.82, 2.24) is 0 Å². The number of phenols is 1. The van der Waals surface area contributed by atoms with Gasteiger partial charge in [0.05, 0.1) is 11.5 Å². The van der Waals surface area contributed by atoms with Crippen molar-refractivity contribution in [3.63, 3.8) is 0 Å². The summed E-state index contributed by atoms with van der Waals surface area (Å²) in [5.41, 5.74) is 2.35. The summed E-state index contributed by atoms with van der Waals surface area (Å²) in [4.78, 5) is 74.7. The largest absolute Gasteiger partial charge is 0.507 e. The SMILES string of the molecule is NC(=O)C1C(=O)C[C@@H]2C[C@@H]3Cc4c(C(=O)Cl)ccc(O)c4C(=O)C3C(=O)[C@]2(O)C1=O. The van der Waals surface area contributed by atoms with Crippen molar-refractivity contribution in [3.05, 3.63) is 28.8 Å². The molecule has 0 spiro atoms. The summed E-state index contributed by atoms with van der Waals surface area (Å²) >= 11 is 5.59. The molecule has 2 unspecified atom stereocenters. The number of ketones is 4. The molecule has 2 fully saturated rings. The molecule has 156 valence electrons. The number of benzene rings is 1. The van der Waals surface area contributed by atoms with Gasteiger partial charge in [-0.15, -0.1) is 0 Å². The van der Waals surface area contributed by atoms with E-state index in [4.69, 9.17) is 17.3 Å². The number of nitrogens with two attached hydrogens (primary N) is 1. The molecule has 0 saturated heterocycles. The number of hydrogen-bond donors (Lipinski definition) is 3. The Labute approximate surface area is 174 Å². The summed E-state index contributed by atoms with van der Waals surface area (Å²) in [6.07, 6.45) is -0.465. The average molecular weight is 434 g/mol. The molecule has 4 rings (SSSR count). The van der Waals surface area contributed by atoms with E-state index in [1.165, 1.54) is 6.07 Å². The van der Waals surface area contributed by atoms with Gasteiger partial charge in [-0.2, -0.15) is 0 Å². The molecule has 3 aliphatic rings. The third-order valence-corrected chi connectivity index (χ3v) is 6.70. The minimum absolute atomic E-state index is 0.00782. The van der Waals surface area contributed by atoms with Gasteiger partial charge < -0.3 is 15.9 Å². The number of aliphatic hydroxyl groups is 1. The predicted molar refractivity (Wildman–Crippen MR) is 98.7 cm³/mol. The van der Waals surface area contributed by atoms with E-state index in [1.54, 1.807) is 0 Å². The van der Waals surface area contributed by atoms with Gasteiger partial charge in [-0.1, -0.05) is 0 Å². The molecule has 0 aromatic heterocycles. The highest BCUT2D eigenvalue weighted by atomic mass is 35.5. The first-order valence-electron chi connectivity index (χ1n) is 9.22. The molecule has 3 aliphatic carbocycles.